The fraction of sp³-hybridized carbons (Fsp3) is 0.462. The number of carbonyl (C=O) groups is 1. The second-order valence-corrected chi connectivity index (χ2v) is 5.51. The molecular formula is C13H18BrClN2O. The molecular weight excluding hydrogens is 316 g/mol. The molecule has 1 amide bonds. The number of amides is 1. The van der Waals surface area contributed by atoms with Gasteiger partial charge >= 0.3 is 0 Å². The summed E-state index contributed by atoms with van der Waals surface area (Å²) in [4.78, 5) is 11.4. The van der Waals surface area contributed by atoms with Crippen molar-refractivity contribution in [1.29, 1.82) is 0 Å². The van der Waals surface area contributed by atoms with Crippen LogP contribution in [0, 0.1) is 0 Å². The monoisotopic (exact) mass is 332 g/mol. The molecule has 2 rings (SSSR count). The number of benzene rings is 1. The van der Waals surface area contributed by atoms with Gasteiger partial charge in [-0.3, -0.25) is 4.79 Å². The van der Waals surface area contributed by atoms with Gasteiger partial charge in [-0.05, 0) is 37.6 Å². The van der Waals surface area contributed by atoms with Gasteiger partial charge in [-0.2, -0.15) is 0 Å². The van der Waals surface area contributed by atoms with Gasteiger partial charge in [0.2, 0.25) is 5.91 Å². The number of halogens is 2. The van der Waals surface area contributed by atoms with Crippen LogP contribution in [0.3, 0.4) is 0 Å². The van der Waals surface area contributed by atoms with Crippen molar-refractivity contribution in [2.45, 2.75) is 18.3 Å². The highest BCUT2D eigenvalue weighted by atomic mass is 79.9. The summed E-state index contributed by atoms with van der Waals surface area (Å²) in [7, 11) is 1.78. The third kappa shape index (κ3) is 3.70. The maximum absolute atomic E-state index is 11.4. The van der Waals surface area contributed by atoms with Crippen LogP contribution in [0.15, 0.2) is 28.7 Å². The van der Waals surface area contributed by atoms with E-state index in [1.807, 2.05) is 6.07 Å². The molecule has 5 heteroatoms. The Kier molecular flexibility index (Phi) is 5.63. The van der Waals surface area contributed by atoms with E-state index in [0.717, 1.165) is 23.9 Å². The minimum atomic E-state index is 0. The summed E-state index contributed by atoms with van der Waals surface area (Å²) >= 11 is 3.49. The van der Waals surface area contributed by atoms with Gasteiger partial charge in [0.15, 0.2) is 0 Å². The largest absolute Gasteiger partial charge is 0.354 e. The second-order valence-electron chi connectivity index (χ2n) is 4.60. The van der Waals surface area contributed by atoms with Gasteiger partial charge in [0.25, 0.3) is 0 Å². The van der Waals surface area contributed by atoms with Gasteiger partial charge in [-0.1, -0.05) is 28.1 Å². The summed E-state index contributed by atoms with van der Waals surface area (Å²) in [6.07, 6.45) is 2.31. The molecule has 0 bridgehead atoms. The lowest BCUT2D eigenvalue weighted by molar-refractivity contribution is -0.120. The molecule has 0 saturated heterocycles. The molecule has 1 aromatic carbocycles. The minimum Gasteiger partial charge on any atom is -0.354 e. The van der Waals surface area contributed by atoms with Crippen LogP contribution in [-0.4, -0.2) is 26.0 Å². The molecule has 18 heavy (non-hydrogen) atoms. The topological polar surface area (TPSA) is 41.1 Å². The fourth-order valence-corrected chi connectivity index (χ4v) is 2.43. The number of likely N-dealkylation sites (N-methyl/N-ethyl adjacent to an activating group) is 1. The van der Waals surface area contributed by atoms with E-state index in [-0.39, 0.29) is 23.7 Å². The Morgan fingerprint density at radius 3 is 2.72 bits per heavy atom. The van der Waals surface area contributed by atoms with E-state index in [4.69, 9.17) is 0 Å². The van der Waals surface area contributed by atoms with E-state index in [1.54, 1.807) is 7.05 Å². The molecule has 3 nitrogen and oxygen atoms in total. The normalized spacial score (nSPS) is 15.7. The maximum Gasteiger partial charge on any atom is 0.233 e. The Labute approximate surface area is 122 Å². The van der Waals surface area contributed by atoms with Crippen molar-refractivity contribution < 1.29 is 4.79 Å². The Morgan fingerprint density at radius 2 is 2.17 bits per heavy atom. The van der Waals surface area contributed by atoms with Crippen molar-refractivity contribution in [2.24, 2.45) is 0 Å². The number of carbonyl (C=O) groups excluding carboxylic acids is 1. The first-order valence-corrected chi connectivity index (χ1v) is 6.63. The summed E-state index contributed by atoms with van der Waals surface area (Å²) in [6, 6.07) is 8.37. The average Bonchev–Trinajstić information content (AvgIpc) is 3.08. The molecule has 1 fully saturated rings. The van der Waals surface area contributed by atoms with E-state index < -0.39 is 0 Å². The smallest absolute Gasteiger partial charge is 0.233 e. The van der Waals surface area contributed by atoms with Gasteiger partial charge in [0, 0.05) is 16.4 Å². The van der Waals surface area contributed by atoms with E-state index in [9.17, 15) is 4.79 Å². The van der Waals surface area contributed by atoms with Crippen molar-refractivity contribution in [2.75, 3.05) is 20.1 Å². The summed E-state index contributed by atoms with van der Waals surface area (Å²) in [6.45, 7) is 1.12. The van der Waals surface area contributed by atoms with Gasteiger partial charge in [-0.25, -0.2) is 0 Å². The molecule has 0 heterocycles. The molecule has 100 valence electrons. The van der Waals surface area contributed by atoms with Crippen LogP contribution in [0.4, 0.5) is 0 Å². The minimum absolute atomic E-state index is 0. The molecule has 2 N–H and O–H groups in total. The van der Waals surface area contributed by atoms with Gasteiger partial charge in [0.05, 0.1) is 6.54 Å². The van der Waals surface area contributed by atoms with E-state index in [2.05, 4.69) is 44.8 Å². The predicted octanol–water partition coefficient (Wildman–Crippen LogP) is 2.24. The molecule has 0 spiro atoms. The second kappa shape index (κ2) is 6.55. The first kappa shape index (κ1) is 15.5. The van der Waals surface area contributed by atoms with Crippen molar-refractivity contribution in [3.63, 3.8) is 0 Å². The van der Waals surface area contributed by atoms with Crippen LogP contribution in [0.2, 0.25) is 0 Å². The predicted molar refractivity (Wildman–Crippen MR) is 79.2 cm³/mol. The lowest BCUT2D eigenvalue weighted by atomic mass is 9.96. The van der Waals surface area contributed by atoms with Gasteiger partial charge in [0.1, 0.15) is 0 Å². The van der Waals surface area contributed by atoms with Crippen molar-refractivity contribution in [3.8, 4) is 0 Å². The molecule has 1 aliphatic carbocycles. The zero-order valence-electron chi connectivity index (χ0n) is 10.3. The van der Waals surface area contributed by atoms with Crippen LogP contribution in [0.1, 0.15) is 18.4 Å². The summed E-state index contributed by atoms with van der Waals surface area (Å²) in [5.74, 6) is 0.0637. The maximum atomic E-state index is 11.4. The first-order chi connectivity index (χ1) is 8.16. The highest BCUT2D eigenvalue weighted by molar-refractivity contribution is 9.10. The summed E-state index contributed by atoms with van der Waals surface area (Å²) < 4.78 is 1.10. The van der Waals surface area contributed by atoms with E-state index in [1.165, 1.54) is 5.56 Å². The van der Waals surface area contributed by atoms with E-state index in [0.29, 0.717) is 6.54 Å². The number of hydrogen-bond acceptors (Lipinski definition) is 2. The standard InChI is InChI=1S/C13H17BrN2O.ClH/c1-15-8-12(17)16-9-13(5-6-13)10-3-2-4-11(14)7-10;/h2-4,7,15H,5-6,8-9H2,1H3,(H,16,17);1H. The summed E-state index contributed by atoms with van der Waals surface area (Å²) in [5, 5.41) is 5.84. The third-order valence-corrected chi connectivity index (χ3v) is 3.75. The molecule has 0 aliphatic heterocycles. The van der Waals surface area contributed by atoms with Crippen molar-refractivity contribution >= 4 is 34.2 Å². The Hall–Kier alpha value is -0.580. The number of nitrogens with one attached hydrogen (secondary N) is 2. The van der Waals surface area contributed by atoms with Gasteiger partial charge in [-0.15, -0.1) is 12.4 Å². The Bertz CT molecular complexity index is 421. The molecule has 1 aliphatic rings. The first-order valence-electron chi connectivity index (χ1n) is 5.84. The molecule has 0 atom stereocenters. The highest BCUT2D eigenvalue weighted by Crippen LogP contribution is 2.48. The average molecular weight is 334 g/mol. The fourth-order valence-electron chi connectivity index (χ4n) is 2.03. The van der Waals surface area contributed by atoms with Crippen LogP contribution < -0.4 is 10.6 Å². The van der Waals surface area contributed by atoms with Crippen molar-refractivity contribution in [3.05, 3.63) is 34.3 Å². The highest BCUT2D eigenvalue weighted by Gasteiger charge is 2.44. The third-order valence-electron chi connectivity index (χ3n) is 3.25. The molecule has 1 saturated carbocycles. The molecule has 1 aromatic rings. The van der Waals surface area contributed by atoms with Gasteiger partial charge < -0.3 is 10.6 Å². The molecule has 0 unspecified atom stereocenters. The Morgan fingerprint density at radius 1 is 1.44 bits per heavy atom. The Balaban J connectivity index is 0.00000162. The number of rotatable bonds is 5. The zero-order chi connectivity index (χ0) is 12.3. The van der Waals surface area contributed by atoms with Crippen molar-refractivity contribution in [1.82, 2.24) is 10.6 Å². The van der Waals surface area contributed by atoms with Crippen LogP contribution in [-0.2, 0) is 10.2 Å². The lowest BCUT2D eigenvalue weighted by Crippen LogP contribution is -2.37. The lowest BCUT2D eigenvalue weighted by Gasteiger charge is -2.17. The van der Waals surface area contributed by atoms with Crippen LogP contribution >= 0.6 is 28.3 Å². The summed E-state index contributed by atoms with van der Waals surface area (Å²) in [5.41, 5.74) is 1.49. The van der Waals surface area contributed by atoms with E-state index >= 15 is 0 Å². The SMILES string of the molecule is CNCC(=O)NCC1(c2cccc(Br)c2)CC1.Cl. The molecule has 0 aromatic heterocycles. The van der Waals surface area contributed by atoms with Crippen LogP contribution in [0.25, 0.3) is 0 Å². The van der Waals surface area contributed by atoms with Crippen LogP contribution in [0.5, 0.6) is 0 Å². The zero-order valence-corrected chi connectivity index (χ0v) is 12.7. The number of hydrogen-bond donors (Lipinski definition) is 2. The quantitative estimate of drug-likeness (QED) is 0.867. The molecule has 0 radical (unpaired) electrons.